The number of amides is 1. The molecule has 9 heteroatoms. The first-order valence-electron chi connectivity index (χ1n) is 14.4. The Labute approximate surface area is 250 Å². The summed E-state index contributed by atoms with van der Waals surface area (Å²) in [4.78, 5) is 21.5. The predicted octanol–water partition coefficient (Wildman–Crippen LogP) is 5.28. The van der Waals surface area contributed by atoms with Crippen molar-refractivity contribution in [1.82, 2.24) is 14.8 Å². The zero-order chi connectivity index (χ0) is 29.4. The highest BCUT2D eigenvalue weighted by Gasteiger charge is 2.21. The van der Waals surface area contributed by atoms with Crippen LogP contribution in [-0.4, -0.2) is 77.8 Å². The van der Waals surface area contributed by atoms with Crippen LogP contribution in [-0.2, 0) is 4.79 Å². The molecule has 5 aromatic rings. The summed E-state index contributed by atoms with van der Waals surface area (Å²) < 4.78 is 17.5. The predicted molar refractivity (Wildman–Crippen MR) is 165 cm³/mol. The molecule has 220 valence electrons. The minimum atomic E-state index is -0.642. The maximum atomic E-state index is 12.6. The third-order valence-corrected chi connectivity index (χ3v) is 7.24. The molecule has 1 fully saturated rings. The lowest BCUT2D eigenvalue weighted by Gasteiger charge is -2.35. The number of ether oxygens (including phenoxy) is 2. The molecule has 1 amide bonds. The molecule has 0 spiro atoms. The van der Waals surface area contributed by atoms with Crippen LogP contribution in [0, 0.1) is 0 Å². The van der Waals surface area contributed by atoms with E-state index in [0.717, 1.165) is 43.2 Å². The molecule has 9 nitrogen and oxygen atoms in total. The molecule has 2 heterocycles. The zero-order valence-corrected chi connectivity index (χ0v) is 23.8. The Hall–Kier alpha value is -4.70. The van der Waals surface area contributed by atoms with E-state index in [9.17, 15) is 9.90 Å². The number of β-amino-alcohol motifs (C(OH)–C–C–N with tert-alkyl or cyclic N) is 1. The largest absolute Gasteiger partial charge is 0.491 e. The molecule has 0 aliphatic carbocycles. The molecule has 0 saturated carbocycles. The number of benzene rings is 4. The number of fused-ring (bicyclic) bond motifs is 1. The molecular weight excluding hydrogens is 544 g/mol. The number of carbonyl (C=O) groups is 1. The topological polar surface area (TPSA) is 100 Å². The number of carbonyl (C=O) groups excluding carboxylic acids is 1. The van der Waals surface area contributed by atoms with Crippen molar-refractivity contribution in [1.29, 1.82) is 0 Å². The molecule has 4 aromatic carbocycles. The van der Waals surface area contributed by atoms with Gasteiger partial charge >= 0.3 is 0 Å². The van der Waals surface area contributed by atoms with Crippen LogP contribution in [0.2, 0.25) is 0 Å². The summed E-state index contributed by atoms with van der Waals surface area (Å²) in [5.74, 6) is 2.61. The number of oxazole rings is 1. The lowest BCUT2D eigenvalue weighted by Crippen LogP contribution is -2.50. The second-order valence-corrected chi connectivity index (χ2v) is 10.5. The standard InChI is InChI=1S/C34H34N4O5/c39-27(24-41-30-15-16-32-31(21-30)36-34(43-32)25-7-3-1-4-8-25)22-37-17-19-38(20-18-37)23-33(40)35-26-11-13-29(14-12-26)42-28-9-5-2-6-10-28/h1-16,21,27,39H,17-20,22-24H2,(H,35,40)/t27-/m0/s1. The van der Waals surface area contributed by atoms with Crippen LogP contribution in [0.1, 0.15) is 0 Å². The fourth-order valence-corrected chi connectivity index (χ4v) is 5.01. The van der Waals surface area contributed by atoms with Gasteiger partial charge in [-0.2, -0.15) is 0 Å². The van der Waals surface area contributed by atoms with Crippen molar-refractivity contribution < 1.29 is 23.8 Å². The third kappa shape index (κ3) is 7.78. The van der Waals surface area contributed by atoms with Crippen LogP contribution in [0.5, 0.6) is 17.2 Å². The Morgan fingerprint density at radius 3 is 2.23 bits per heavy atom. The highest BCUT2D eigenvalue weighted by atomic mass is 16.5. The van der Waals surface area contributed by atoms with Crippen LogP contribution in [0.15, 0.2) is 108 Å². The molecule has 0 unspecified atom stereocenters. The van der Waals surface area contributed by atoms with Gasteiger partial charge in [-0.05, 0) is 60.7 Å². The maximum absolute atomic E-state index is 12.6. The fourth-order valence-electron chi connectivity index (χ4n) is 5.01. The van der Waals surface area contributed by atoms with Crippen LogP contribution in [0.4, 0.5) is 5.69 Å². The number of piperazine rings is 1. The molecule has 1 aromatic heterocycles. The van der Waals surface area contributed by atoms with Crippen LogP contribution in [0.3, 0.4) is 0 Å². The molecule has 2 N–H and O–H groups in total. The smallest absolute Gasteiger partial charge is 0.238 e. The van der Waals surface area contributed by atoms with Crippen molar-refractivity contribution in [2.24, 2.45) is 0 Å². The number of hydrogen-bond acceptors (Lipinski definition) is 8. The fraction of sp³-hybridized carbons (Fsp3) is 0.235. The summed E-state index contributed by atoms with van der Waals surface area (Å²) in [6.45, 7) is 4.02. The Kier molecular flexibility index (Phi) is 8.93. The van der Waals surface area contributed by atoms with E-state index >= 15 is 0 Å². The SMILES string of the molecule is O=C(CN1CCN(C[C@H](O)COc2ccc3oc(-c4ccccc4)nc3c2)CC1)Nc1ccc(Oc2ccccc2)cc1. The molecule has 1 aliphatic heterocycles. The molecule has 43 heavy (non-hydrogen) atoms. The number of nitrogens with one attached hydrogen (secondary N) is 1. The number of aromatic nitrogens is 1. The number of nitrogens with zero attached hydrogens (tertiary/aromatic N) is 3. The van der Waals surface area contributed by atoms with Gasteiger partial charge in [0.15, 0.2) is 5.58 Å². The van der Waals surface area contributed by atoms with Gasteiger partial charge in [-0.25, -0.2) is 4.98 Å². The van der Waals surface area contributed by atoms with E-state index in [1.165, 1.54) is 0 Å². The van der Waals surface area contributed by atoms with Crippen molar-refractivity contribution in [3.8, 4) is 28.7 Å². The Bertz CT molecular complexity index is 1620. The monoisotopic (exact) mass is 578 g/mol. The molecule has 1 atom stereocenters. The summed E-state index contributed by atoms with van der Waals surface area (Å²) in [7, 11) is 0. The molecule has 0 bridgehead atoms. The average Bonchev–Trinajstić information content (AvgIpc) is 3.47. The number of para-hydroxylation sites is 1. The van der Waals surface area contributed by atoms with E-state index in [4.69, 9.17) is 13.9 Å². The number of aliphatic hydroxyl groups is 1. The van der Waals surface area contributed by atoms with Gasteiger partial charge in [-0.1, -0.05) is 36.4 Å². The number of rotatable bonds is 11. The summed E-state index contributed by atoms with van der Waals surface area (Å²) in [5, 5.41) is 13.6. The Morgan fingerprint density at radius 2 is 1.49 bits per heavy atom. The molecular formula is C34H34N4O5. The van der Waals surface area contributed by atoms with Gasteiger partial charge in [0, 0.05) is 50.0 Å². The van der Waals surface area contributed by atoms with Crippen molar-refractivity contribution in [3.05, 3.63) is 103 Å². The highest BCUT2D eigenvalue weighted by Crippen LogP contribution is 2.27. The minimum Gasteiger partial charge on any atom is -0.491 e. The first-order chi connectivity index (χ1) is 21.1. The van der Waals surface area contributed by atoms with Crippen LogP contribution < -0.4 is 14.8 Å². The quantitative estimate of drug-likeness (QED) is 0.218. The first kappa shape index (κ1) is 28.4. The van der Waals surface area contributed by atoms with E-state index in [0.29, 0.717) is 41.6 Å². The number of aliphatic hydroxyl groups excluding tert-OH is 1. The van der Waals surface area contributed by atoms with Crippen LogP contribution >= 0.6 is 0 Å². The van der Waals surface area contributed by atoms with E-state index in [1.54, 1.807) is 0 Å². The van der Waals surface area contributed by atoms with Gasteiger partial charge in [0.05, 0.1) is 6.54 Å². The van der Waals surface area contributed by atoms with Crippen molar-refractivity contribution in [2.75, 3.05) is 51.2 Å². The molecule has 6 rings (SSSR count). The van der Waals surface area contributed by atoms with Gasteiger partial charge < -0.3 is 24.3 Å². The van der Waals surface area contributed by atoms with Crippen molar-refractivity contribution in [2.45, 2.75) is 6.10 Å². The van der Waals surface area contributed by atoms with E-state index in [1.807, 2.05) is 103 Å². The first-order valence-corrected chi connectivity index (χ1v) is 14.4. The maximum Gasteiger partial charge on any atom is 0.238 e. The summed E-state index contributed by atoms with van der Waals surface area (Å²) in [6.07, 6.45) is -0.642. The van der Waals surface area contributed by atoms with Crippen molar-refractivity contribution in [3.63, 3.8) is 0 Å². The van der Waals surface area contributed by atoms with Gasteiger partial charge in [-0.15, -0.1) is 0 Å². The normalized spacial score (nSPS) is 14.8. The van der Waals surface area contributed by atoms with Gasteiger partial charge in [0.25, 0.3) is 0 Å². The van der Waals surface area contributed by atoms with E-state index in [2.05, 4.69) is 20.1 Å². The third-order valence-electron chi connectivity index (χ3n) is 7.24. The number of hydrogen-bond donors (Lipinski definition) is 2. The summed E-state index contributed by atoms with van der Waals surface area (Å²) in [5.41, 5.74) is 3.04. The second kappa shape index (κ2) is 13.5. The molecule has 1 aliphatic rings. The Balaban J connectivity index is 0.905. The van der Waals surface area contributed by atoms with Gasteiger partial charge in [-0.3, -0.25) is 14.6 Å². The average molecular weight is 579 g/mol. The molecule has 0 radical (unpaired) electrons. The van der Waals surface area contributed by atoms with Crippen LogP contribution in [0.25, 0.3) is 22.6 Å². The summed E-state index contributed by atoms with van der Waals surface area (Å²) >= 11 is 0. The minimum absolute atomic E-state index is 0.0569. The van der Waals surface area contributed by atoms with E-state index < -0.39 is 6.10 Å². The second-order valence-electron chi connectivity index (χ2n) is 10.5. The lowest BCUT2D eigenvalue weighted by atomic mass is 10.2. The molecule has 1 saturated heterocycles. The van der Waals surface area contributed by atoms with Gasteiger partial charge in [0.1, 0.15) is 35.5 Å². The lowest BCUT2D eigenvalue weighted by molar-refractivity contribution is -0.117. The Morgan fingerprint density at radius 1 is 0.837 bits per heavy atom. The van der Waals surface area contributed by atoms with Crippen molar-refractivity contribution >= 4 is 22.7 Å². The zero-order valence-electron chi connectivity index (χ0n) is 23.8. The summed E-state index contributed by atoms with van der Waals surface area (Å²) in [6, 6.07) is 32.2. The number of anilines is 1. The van der Waals surface area contributed by atoms with Gasteiger partial charge in [0.2, 0.25) is 11.8 Å². The highest BCUT2D eigenvalue weighted by molar-refractivity contribution is 5.92. The van der Waals surface area contributed by atoms with E-state index in [-0.39, 0.29) is 12.5 Å².